The molecule has 0 aliphatic rings. The SMILES string of the molecule is O=C(O)c1cccc(S(=O)(=O)N(Oc2ccc(Cl)cc2Cl)c2ccccc2)c1. The van der Waals surface area contributed by atoms with Crippen molar-refractivity contribution in [1.29, 1.82) is 0 Å². The maximum Gasteiger partial charge on any atom is 0.335 e. The van der Waals surface area contributed by atoms with Crippen molar-refractivity contribution in [3.05, 3.63) is 88.4 Å². The number of carbonyl (C=O) groups is 1. The molecule has 0 bridgehead atoms. The highest BCUT2D eigenvalue weighted by Gasteiger charge is 2.29. The summed E-state index contributed by atoms with van der Waals surface area (Å²) in [6.45, 7) is 0. The van der Waals surface area contributed by atoms with Crippen LogP contribution in [0.1, 0.15) is 10.4 Å². The van der Waals surface area contributed by atoms with E-state index in [-0.39, 0.29) is 26.9 Å². The Kier molecular flexibility index (Phi) is 5.79. The highest BCUT2D eigenvalue weighted by molar-refractivity contribution is 7.92. The Balaban J connectivity index is 2.11. The molecule has 0 aromatic heterocycles. The van der Waals surface area contributed by atoms with Crippen molar-refractivity contribution in [2.45, 2.75) is 4.90 Å². The number of para-hydroxylation sites is 1. The van der Waals surface area contributed by atoms with E-state index in [1.165, 1.54) is 48.5 Å². The van der Waals surface area contributed by atoms with E-state index in [4.69, 9.17) is 33.1 Å². The molecule has 144 valence electrons. The molecule has 3 aromatic carbocycles. The van der Waals surface area contributed by atoms with Gasteiger partial charge in [-0.05, 0) is 48.5 Å². The number of anilines is 1. The summed E-state index contributed by atoms with van der Waals surface area (Å²) < 4.78 is 27.1. The largest absolute Gasteiger partial charge is 0.478 e. The summed E-state index contributed by atoms with van der Waals surface area (Å²) in [5.74, 6) is -1.18. The van der Waals surface area contributed by atoms with Crippen molar-refractivity contribution in [3.63, 3.8) is 0 Å². The number of halogens is 2. The van der Waals surface area contributed by atoms with Crippen LogP contribution in [0.5, 0.6) is 5.75 Å². The summed E-state index contributed by atoms with van der Waals surface area (Å²) in [6.07, 6.45) is 0. The minimum atomic E-state index is -4.28. The predicted octanol–water partition coefficient (Wildman–Crippen LogP) is 4.88. The molecule has 1 N–H and O–H groups in total. The van der Waals surface area contributed by atoms with Crippen LogP contribution in [0.4, 0.5) is 5.69 Å². The first-order valence-corrected chi connectivity index (χ1v) is 10.1. The van der Waals surface area contributed by atoms with Gasteiger partial charge in [-0.2, -0.15) is 8.42 Å². The molecule has 0 radical (unpaired) electrons. The highest BCUT2D eigenvalue weighted by Crippen LogP contribution is 2.32. The summed E-state index contributed by atoms with van der Waals surface area (Å²) in [7, 11) is -4.28. The Morgan fingerprint density at radius 1 is 0.929 bits per heavy atom. The monoisotopic (exact) mass is 437 g/mol. The molecular weight excluding hydrogens is 425 g/mol. The lowest BCUT2D eigenvalue weighted by Crippen LogP contribution is -2.34. The lowest BCUT2D eigenvalue weighted by atomic mass is 10.2. The van der Waals surface area contributed by atoms with Crippen molar-refractivity contribution in [2.24, 2.45) is 0 Å². The number of benzene rings is 3. The lowest BCUT2D eigenvalue weighted by molar-refractivity contribution is 0.0696. The first-order chi connectivity index (χ1) is 13.3. The fourth-order valence-electron chi connectivity index (χ4n) is 2.31. The maximum atomic E-state index is 13.2. The number of aromatic carboxylic acids is 1. The van der Waals surface area contributed by atoms with E-state index in [9.17, 15) is 13.2 Å². The zero-order valence-electron chi connectivity index (χ0n) is 14.1. The molecular formula is C19H13Cl2NO5S. The molecule has 9 heteroatoms. The van der Waals surface area contributed by atoms with Crippen LogP contribution in [-0.2, 0) is 10.0 Å². The molecule has 6 nitrogen and oxygen atoms in total. The van der Waals surface area contributed by atoms with E-state index in [2.05, 4.69) is 0 Å². The molecule has 0 unspecified atom stereocenters. The average molecular weight is 438 g/mol. The van der Waals surface area contributed by atoms with Gasteiger partial charge in [0.2, 0.25) is 0 Å². The van der Waals surface area contributed by atoms with Crippen molar-refractivity contribution in [2.75, 3.05) is 4.47 Å². The number of rotatable bonds is 6. The Labute approximate surface area is 171 Å². The quantitative estimate of drug-likeness (QED) is 0.555. The topological polar surface area (TPSA) is 83.9 Å². The van der Waals surface area contributed by atoms with Gasteiger partial charge in [-0.25, -0.2) is 4.79 Å². The van der Waals surface area contributed by atoms with E-state index in [1.807, 2.05) is 0 Å². The van der Waals surface area contributed by atoms with E-state index < -0.39 is 16.0 Å². The fourth-order valence-corrected chi connectivity index (χ4v) is 4.05. The van der Waals surface area contributed by atoms with Crippen LogP contribution in [0.15, 0.2) is 77.7 Å². The van der Waals surface area contributed by atoms with Gasteiger partial charge in [-0.1, -0.05) is 51.9 Å². The molecule has 0 atom stereocenters. The van der Waals surface area contributed by atoms with Crippen LogP contribution in [-0.4, -0.2) is 19.5 Å². The fraction of sp³-hybridized carbons (Fsp3) is 0. The first kappa shape index (κ1) is 20.0. The molecule has 0 amide bonds. The second-order valence-electron chi connectivity index (χ2n) is 5.57. The summed E-state index contributed by atoms with van der Waals surface area (Å²) in [5.41, 5.74) is 0.0351. The van der Waals surface area contributed by atoms with E-state index in [1.54, 1.807) is 18.2 Å². The van der Waals surface area contributed by atoms with Gasteiger partial charge in [-0.3, -0.25) is 0 Å². The van der Waals surface area contributed by atoms with E-state index in [0.717, 1.165) is 6.07 Å². The van der Waals surface area contributed by atoms with Crippen LogP contribution in [0, 0.1) is 0 Å². The van der Waals surface area contributed by atoms with Gasteiger partial charge in [-0.15, -0.1) is 0 Å². The lowest BCUT2D eigenvalue weighted by Gasteiger charge is -2.24. The Hall–Kier alpha value is -2.74. The van der Waals surface area contributed by atoms with E-state index in [0.29, 0.717) is 9.49 Å². The summed E-state index contributed by atoms with van der Waals surface area (Å²) >= 11 is 12.0. The molecule has 0 aliphatic heterocycles. The van der Waals surface area contributed by atoms with E-state index >= 15 is 0 Å². The predicted molar refractivity (Wildman–Crippen MR) is 107 cm³/mol. The first-order valence-electron chi connectivity index (χ1n) is 7.86. The molecule has 0 spiro atoms. The van der Waals surface area contributed by atoms with Gasteiger partial charge >= 0.3 is 5.97 Å². The minimum Gasteiger partial charge on any atom is -0.478 e. The standard InChI is InChI=1S/C19H13Cl2NO5S/c20-14-9-10-18(17(21)12-14)27-22(15-6-2-1-3-7-15)28(25,26)16-8-4-5-13(11-16)19(23)24/h1-12H,(H,23,24). The van der Waals surface area contributed by atoms with Crippen LogP contribution >= 0.6 is 23.2 Å². The third-order valence-corrected chi connectivity index (χ3v) is 5.74. The van der Waals surface area contributed by atoms with Gasteiger partial charge < -0.3 is 9.94 Å². The Bertz CT molecular complexity index is 1120. The molecule has 3 rings (SSSR count). The Morgan fingerprint density at radius 2 is 1.64 bits per heavy atom. The van der Waals surface area contributed by atoms with Gasteiger partial charge in [0.05, 0.1) is 21.2 Å². The van der Waals surface area contributed by atoms with Crippen molar-refractivity contribution in [3.8, 4) is 5.75 Å². The van der Waals surface area contributed by atoms with Gasteiger partial charge in [0, 0.05) is 5.02 Å². The van der Waals surface area contributed by atoms with Crippen LogP contribution < -0.4 is 9.31 Å². The molecule has 3 aromatic rings. The molecule has 0 fully saturated rings. The molecule has 0 saturated carbocycles. The van der Waals surface area contributed by atoms with Crippen molar-refractivity contribution >= 4 is 44.9 Å². The summed E-state index contributed by atoms with van der Waals surface area (Å²) in [4.78, 5) is 16.6. The third-order valence-electron chi connectivity index (χ3n) is 3.64. The Morgan fingerprint density at radius 3 is 2.29 bits per heavy atom. The van der Waals surface area contributed by atoms with Crippen LogP contribution in [0.2, 0.25) is 10.0 Å². The zero-order valence-corrected chi connectivity index (χ0v) is 16.4. The zero-order chi connectivity index (χ0) is 20.3. The molecule has 0 heterocycles. The average Bonchev–Trinajstić information content (AvgIpc) is 2.68. The van der Waals surface area contributed by atoms with Crippen molar-refractivity contribution in [1.82, 2.24) is 0 Å². The van der Waals surface area contributed by atoms with Crippen LogP contribution in [0.25, 0.3) is 0 Å². The van der Waals surface area contributed by atoms with Gasteiger partial charge in [0.25, 0.3) is 10.0 Å². The summed E-state index contributed by atoms with van der Waals surface area (Å²) in [5, 5.41) is 9.63. The number of carboxylic acids is 1. The van der Waals surface area contributed by atoms with Crippen LogP contribution in [0.3, 0.4) is 0 Å². The molecule has 0 saturated heterocycles. The normalized spacial score (nSPS) is 11.1. The van der Waals surface area contributed by atoms with Crippen molar-refractivity contribution < 1.29 is 23.2 Å². The second kappa shape index (κ2) is 8.10. The second-order valence-corrected chi connectivity index (χ2v) is 8.16. The maximum absolute atomic E-state index is 13.2. The number of hydrogen-bond acceptors (Lipinski definition) is 4. The third kappa shape index (κ3) is 4.22. The molecule has 0 aliphatic carbocycles. The number of carboxylic acid groups (broad SMARTS) is 1. The number of sulfonamides is 1. The minimum absolute atomic E-state index is 0.0629. The number of nitrogens with zero attached hydrogens (tertiary/aromatic N) is 1. The summed E-state index contributed by atoms with van der Waals surface area (Å²) in [6, 6.07) is 17.4. The molecule has 28 heavy (non-hydrogen) atoms. The highest BCUT2D eigenvalue weighted by atomic mass is 35.5. The number of hydrogen-bond donors (Lipinski definition) is 1. The van der Waals surface area contributed by atoms with Gasteiger partial charge in [0.15, 0.2) is 5.75 Å². The smallest absolute Gasteiger partial charge is 0.335 e. The van der Waals surface area contributed by atoms with Gasteiger partial charge in [0.1, 0.15) is 0 Å².